The van der Waals surface area contributed by atoms with Crippen LogP contribution in [0.4, 0.5) is 15.8 Å². The van der Waals surface area contributed by atoms with E-state index in [0.717, 1.165) is 18.5 Å². The maximum Gasteiger partial charge on any atom is 0.256 e. The van der Waals surface area contributed by atoms with Crippen LogP contribution in [-0.2, 0) is 0 Å². The van der Waals surface area contributed by atoms with Crippen LogP contribution >= 0.6 is 0 Å². The Morgan fingerprint density at radius 3 is 2.00 bits per heavy atom. The number of rotatable bonds is 5. The minimum absolute atomic E-state index is 0.0619. The average Bonchev–Trinajstić information content (AvgIpc) is 3.48. The van der Waals surface area contributed by atoms with E-state index in [0.29, 0.717) is 56.1 Å². The van der Waals surface area contributed by atoms with Crippen molar-refractivity contribution < 1.29 is 18.8 Å². The number of nitrogens with zero attached hydrogens (tertiary/aromatic N) is 3. The second kappa shape index (κ2) is 10.8. The van der Waals surface area contributed by atoms with Crippen molar-refractivity contribution in [3.05, 3.63) is 95.3 Å². The fourth-order valence-electron chi connectivity index (χ4n) is 4.90. The number of likely N-dealkylation sites (tertiary alicyclic amines) is 1. The number of hydrogen-bond donors (Lipinski definition) is 1. The van der Waals surface area contributed by atoms with Crippen molar-refractivity contribution in [1.29, 1.82) is 0 Å². The molecule has 0 unspecified atom stereocenters. The topological polar surface area (TPSA) is 73.0 Å². The average molecular weight is 501 g/mol. The Kier molecular flexibility index (Phi) is 7.16. The van der Waals surface area contributed by atoms with Crippen LogP contribution in [-0.4, -0.2) is 66.8 Å². The number of amides is 3. The van der Waals surface area contributed by atoms with E-state index in [1.807, 2.05) is 17.0 Å². The fourth-order valence-corrected chi connectivity index (χ4v) is 4.90. The summed E-state index contributed by atoms with van der Waals surface area (Å²) in [7, 11) is 0. The molecule has 190 valence electrons. The van der Waals surface area contributed by atoms with E-state index in [-0.39, 0.29) is 23.3 Å². The summed E-state index contributed by atoms with van der Waals surface area (Å²) in [5.41, 5.74) is 2.46. The lowest BCUT2D eigenvalue weighted by Gasteiger charge is -2.37. The Bertz CT molecular complexity index is 1300. The van der Waals surface area contributed by atoms with Gasteiger partial charge in [-0.2, -0.15) is 0 Å². The molecule has 3 aromatic carbocycles. The summed E-state index contributed by atoms with van der Waals surface area (Å²) >= 11 is 0. The Balaban J connectivity index is 1.35. The van der Waals surface area contributed by atoms with Crippen molar-refractivity contribution in [3.63, 3.8) is 0 Å². The fraction of sp³-hybridized carbons (Fsp3) is 0.276. The number of piperazine rings is 1. The maximum absolute atomic E-state index is 14.1. The molecule has 8 heteroatoms. The highest BCUT2D eigenvalue weighted by atomic mass is 19.1. The van der Waals surface area contributed by atoms with E-state index in [1.165, 1.54) is 12.1 Å². The molecule has 3 amide bonds. The van der Waals surface area contributed by atoms with Crippen LogP contribution in [0, 0.1) is 5.82 Å². The summed E-state index contributed by atoms with van der Waals surface area (Å²) in [6, 6.07) is 20.3. The molecule has 7 nitrogen and oxygen atoms in total. The number of benzene rings is 3. The van der Waals surface area contributed by atoms with Crippen LogP contribution in [0.1, 0.15) is 43.9 Å². The quantitative estimate of drug-likeness (QED) is 0.568. The van der Waals surface area contributed by atoms with E-state index in [9.17, 15) is 18.8 Å². The lowest BCUT2D eigenvalue weighted by Crippen LogP contribution is -2.49. The van der Waals surface area contributed by atoms with E-state index in [2.05, 4.69) is 10.2 Å². The van der Waals surface area contributed by atoms with Gasteiger partial charge < -0.3 is 20.0 Å². The molecule has 0 atom stereocenters. The molecule has 0 spiro atoms. The van der Waals surface area contributed by atoms with Crippen molar-refractivity contribution >= 4 is 29.1 Å². The summed E-state index contributed by atoms with van der Waals surface area (Å²) in [4.78, 5) is 44.6. The molecular weight excluding hydrogens is 471 g/mol. The monoisotopic (exact) mass is 500 g/mol. The normalized spacial score (nSPS) is 15.5. The lowest BCUT2D eigenvalue weighted by atomic mass is 10.1. The number of halogens is 1. The summed E-state index contributed by atoms with van der Waals surface area (Å²) in [5.74, 6) is -1.16. The molecule has 1 N–H and O–H groups in total. The zero-order chi connectivity index (χ0) is 25.8. The van der Waals surface area contributed by atoms with Crippen LogP contribution in [0.15, 0.2) is 72.8 Å². The first-order valence-corrected chi connectivity index (χ1v) is 12.6. The predicted molar refractivity (Wildman–Crippen MR) is 140 cm³/mol. The molecule has 5 rings (SSSR count). The molecule has 2 aliphatic heterocycles. The number of carbonyl (C=O) groups excluding carboxylic acids is 3. The van der Waals surface area contributed by atoms with E-state index in [4.69, 9.17) is 0 Å². The van der Waals surface area contributed by atoms with E-state index < -0.39 is 5.82 Å². The van der Waals surface area contributed by atoms with E-state index in [1.54, 1.807) is 53.4 Å². The minimum Gasteiger partial charge on any atom is -0.367 e. The lowest BCUT2D eigenvalue weighted by molar-refractivity contribution is 0.0738. The van der Waals surface area contributed by atoms with Crippen molar-refractivity contribution in [2.24, 2.45) is 0 Å². The first-order chi connectivity index (χ1) is 18.0. The molecule has 0 aromatic heterocycles. The summed E-state index contributed by atoms with van der Waals surface area (Å²) in [6.45, 7) is 3.27. The molecule has 3 aromatic rings. The number of anilines is 2. The van der Waals surface area contributed by atoms with Crippen molar-refractivity contribution in [3.8, 4) is 0 Å². The van der Waals surface area contributed by atoms with Crippen LogP contribution < -0.4 is 10.2 Å². The van der Waals surface area contributed by atoms with Crippen LogP contribution in [0.5, 0.6) is 0 Å². The standard InChI is InChI=1S/C29H29FN4O3/c30-25-11-5-4-10-23(25)28(36)34-18-16-32(17-19-34)26-13-12-22(31-27(35)21-8-2-1-3-9-21)20-24(26)29(37)33-14-6-7-15-33/h1-5,8-13,20H,6-7,14-19H2,(H,31,35). The SMILES string of the molecule is O=C(Nc1ccc(N2CCN(C(=O)c3ccccc3F)CC2)c(C(=O)N2CCCC2)c1)c1ccccc1. The van der Waals surface area contributed by atoms with Gasteiger partial charge in [0.2, 0.25) is 0 Å². The number of carbonyl (C=O) groups is 3. The van der Waals surface area contributed by atoms with Crippen LogP contribution in [0.3, 0.4) is 0 Å². The van der Waals surface area contributed by atoms with Crippen molar-refractivity contribution in [1.82, 2.24) is 9.80 Å². The van der Waals surface area contributed by atoms with Gasteiger partial charge in [-0.1, -0.05) is 30.3 Å². The molecule has 2 heterocycles. The van der Waals surface area contributed by atoms with Gasteiger partial charge >= 0.3 is 0 Å². The third-order valence-corrected chi connectivity index (χ3v) is 6.93. The largest absolute Gasteiger partial charge is 0.367 e. The van der Waals surface area contributed by atoms with Gasteiger partial charge in [0.25, 0.3) is 17.7 Å². The Morgan fingerprint density at radius 1 is 0.676 bits per heavy atom. The van der Waals surface area contributed by atoms with Gasteiger partial charge in [-0.25, -0.2) is 4.39 Å². The Morgan fingerprint density at radius 2 is 1.30 bits per heavy atom. The van der Waals surface area contributed by atoms with Crippen molar-refractivity contribution in [2.45, 2.75) is 12.8 Å². The number of hydrogen-bond acceptors (Lipinski definition) is 4. The zero-order valence-electron chi connectivity index (χ0n) is 20.5. The summed E-state index contributed by atoms with van der Waals surface area (Å²) < 4.78 is 14.1. The van der Waals surface area contributed by atoms with Crippen LogP contribution in [0.25, 0.3) is 0 Å². The Labute approximate surface area is 215 Å². The predicted octanol–water partition coefficient (Wildman–Crippen LogP) is 4.28. The smallest absolute Gasteiger partial charge is 0.256 e. The molecule has 2 fully saturated rings. The first kappa shape index (κ1) is 24.5. The van der Waals surface area contributed by atoms with Gasteiger partial charge in [-0.05, 0) is 55.3 Å². The molecule has 37 heavy (non-hydrogen) atoms. The summed E-state index contributed by atoms with van der Waals surface area (Å²) in [5, 5.41) is 2.90. The molecule has 0 aliphatic carbocycles. The maximum atomic E-state index is 14.1. The number of nitrogens with one attached hydrogen (secondary N) is 1. The second-order valence-corrected chi connectivity index (χ2v) is 9.31. The van der Waals surface area contributed by atoms with Gasteiger partial charge in [0.15, 0.2) is 0 Å². The van der Waals surface area contributed by atoms with Gasteiger partial charge in [-0.15, -0.1) is 0 Å². The van der Waals surface area contributed by atoms with Crippen LogP contribution in [0.2, 0.25) is 0 Å². The third kappa shape index (κ3) is 5.33. The van der Waals surface area contributed by atoms with Gasteiger partial charge in [0, 0.05) is 56.2 Å². The summed E-state index contributed by atoms with van der Waals surface area (Å²) in [6.07, 6.45) is 1.95. The Hall–Kier alpha value is -4.20. The van der Waals surface area contributed by atoms with Gasteiger partial charge in [0.1, 0.15) is 5.82 Å². The second-order valence-electron chi connectivity index (χ2n) is 9.31. The molecular formula is C29H29FN4O3. The third-order valence-electron chi connectivity index (χ3n) is 6.93. The minimum atomic E-state index is -0.526. The molecule has 0 saturated carbocycles. The van der Waals surface area contributed by atoms with Gasteiger partial charge in [-0.3, -0.25) is 14.4 Å². The van der Waals surface area contributed by atoms with Crippen molar-refractivity contribution in [2.75, 3.05) is 49.5 Å². The van der Waals surface area contributed by atoms with E-state index >= 15 is 0 Å². The first-order valence-electron chi connectivity index (χ1n) is 12.6. The molecule has 0 radical (unpaired) electrons. The molecule has 2 saturated heterocycles. The molecule has 2 aliphatic rings. The molecule has 0 bridgehead atoms. The highest BCUT2D eigenvalue weighted by molar-refractivity contribution is 6.06. The van der Waals surface area contributed by atoms with Gasteiger partial charge in [0.05, 0.1) is 11.1 Å². The highest BCUT2D eigenvalue weighted by Gasteiger charge is 2.28. The highest BCUT2D eigenvalue weighted by Crippen LogP contribution is 2.29. The zero-order valence-corrected chi connectivity index (χ0v) is 20.5.